The summed E-state index contributed by atoms with van der Waals surface area (Å²) in [7, 11) is 0. The van der Waals surface area contributed by atoms with Crippen LogP contribution in [0.3, 0.4) is 0 Å². The van der Waals surface area contributed by atoms with Crippen molar-refractivity contribution in [1.29, 1.82) is 0 Å². The van der Waals surface area contributed by atoms with E-state index < -0.39 is 0 Å². The van der Waals surface area contributed by atoms with Crippen molar-refractivity contribution in [2.24, 2.45) is 0 Å². The zero-order valence-corrected chi connectivity index (χ0v) is 7.14. The van der Waals surface area contributed by atoms with Crippen LogP contribution in [0.25, 0.3) is 6.08 Å². The number of hydrogen-bond donors (Lipinski definition) is 0. The zero-order valence-electron chi connectivity index (χ0n) is 4.74. The summed E-state index contributed by atoms with van der Waals surface area (Å²) in [4.78, 5) is 3.92. The molecule has 49 valence electrons. The minimum Gasteiger partial charge on any atom is -0.351 e. The van der Waals surface area contributed by atoms with E-state index in [0.29, 0.717) is 0 Å². The molecule has 1 heterocycles. The predicted molar refractivity (Wildman–Crippen MR) is 33.0 cm³/mol. The van der Waals surface area contributed by atoms with E-state index in [1.807, 2.05) is 18.2 Å². The van der Waals surface area contributed by atoms with Crippen LogP contribution in [0.5, 0.6) is 0 Å². The van der Waals surface area contributed by atoms with Gasteiger partial charge in [0.1, 0.15) is 0 Å². The summed E-state index contributed by atoms with van der Waals surface area (Å²) in [5.74, 6) is 0. The fourth-order valence-corrected chi connectivity index (χ4v) is 0.475. The van der Waals surface area contributed by atoms with Crippen molar-refractivity contribution < 1.29 is 20.1 Å². The van der Waals surface area contributed by atoms with Crippen LogP contribution >= 0.6 is 0 Å². The Morgan fingerprint density at radius 3 is 2.56 bits per heavy atom. The van der Waals surface area contributed by atoms with Crippen molar-refractivity contribution >= 4 is 6.08 Å². The summed E-state index contributed by atoms with van der Waals surface area (Å²) in [6, 6.07) is 5.60. The fourth-order valence-electron chi connectivity index (χ4n) is 0.475. The van der Waals surface area contributed by atoms with Gasteiger partial charge in [0.25, 0.3) is 0 Å². The predicted octanol–water partition coefficient (Wildman–Crippen LogP) is 1.53. The van der Waals surface area contributed by atoms with Crippen LogP contribution in [0.2, 0.25) is 0 Å². The second kappa shape index (κ2) is 4.42. The molecule has 1 nitrogen and oxygen atoms in total. The van der Waals surface area contributed by atoms with Gasteiger partial charge in [-0.25, -0.2) is 6.08 Å². The van der Waals surface area contributed by atoms with Gasteiger partial charge in [-0.1, -0.05) is 11.8 Å². The summed E-state index contributed by atoms with van der Waals surface area (Å²) in [6.07, 6.45) is 3.18. The molecule has 9 heavy (non-hydrogen) atoms. The Labute approximate surface area is 68.2 Å². The molecule has 1 aromatic heterocycles. The summed E-state index contributed by atoms with van der Waals surface area (Å²) in [5, 5.41) is 0. The third kappa shape index (κ3) is 2.54. The van der Waals surface area contributed by atoms with Gasteiger partial charge in [0.2, 0.25) is 0 Å². The average Bonchev–Trinajstić information content (AvgIpc) is 1.90. The van der Waals surface area contributed by atoms with Gasteiger partial charge in [0.15, 0.2) is 0 Å². The van der Waals surface area contributed by atoms with Crippen LogP contribution in [0, 0.1) is 6.58 Å². The normalized spacial score (nSPS) is 7.56. The summed E-state index contributed by atoms with van der Waals surface area (Å²) < 4.78 is 0. The number of pyridine rings is 1. The van der Waals surface area contributed by atoms with Gasteiger partial charge in [-0.2, -0.15) is 0 Å². The third-order valence-electron chi connectivity index (χ3n) is 0.859. The monoisotopic (exact) mass is 297 g/mol. The Hall–Kier alpha value is -0.461. The molecule has 0 unspecified atom stereocenters. The van der Waals surface area contributed by atoms with Crippen molar-refractivity contribution in [1.82, 2.24) is 4.98 Å². The molecular weight excluding hydrogens is 290 g/mol. The molecule has 0 N–H and O–H groups in total. The standard InChI is InChI=1S/C7H6N.Ir/c1-2-7-5-3-4-6-8-7;/h1-6H;/q-1;. The smallest absolute Gasteiger partial charge is 0.00534 e. The Bertz CT molecular complexity index is 172. The molecule has 1 rings (SSSR count). The van der Waals surface area contributed by atoms with Gasteiger partial charge in [-0.15, -0.1) is 6.07 Å². The summed E-state index contributed by atoms with van der Waals surface area (Å²) in [5.41, 5.74) is 0.813. The van der Waals surface area contributed by atoms with Crippen molar-refractivity contribution in [2.45, 2.75) is 0 Å². The molecule has 0 aliphatic carbocycles. The number of aromatic nitrogens is 1. The van der Waals surface area contributed by atoms with Crippen LogP contribution in [0.1, 0.15) is 5.69 Å². The first kappa shape index (κ1) is 8.54. The van der Waals surface area contributed by atoms with Gasteiger partial charge in [-0.3, -0.25) is 6.58 Å². The van der Waals surface area contributed by atoms with Gasteiger partial charge < -0.3 is 4.98 Å². The summed E-state index contributed by atoms with van der Waals surface area (Å²) >= 11 is 0. The van der Waals surface area contributed by atoms with Crippen molar-refractivity contribution in [3.05, 3.63) is 36.7 Å². The van der Waals surface area contributed by atoms with E-state index in [2.05, 4.69) is 4.98 Å². The maximum absolute atomic E-state index is 5.16. The topological polar surface area (TPSA) is 12.9 Å². The Kier molecular flexibility index (Phi) is 4.20. The number of rotatable bonds is 1. The molecule has 0 amide bonds. The van der Waals surface area contributed by atoms with E-state index in [4.69, 9.17) is 6.58 Å². The molecule has 0 aliphatic heterocycles. The Morgan fingerprint density at radius 1 is 1.44 bits per heavy atom. The van der Waals surface area contributed by atoms with Crippen molar-refractivity contribution in [2.75, 3.05) is 0 Å². The van der Waals surface area contributed by atoms with Gasteiger partial charge >= 0.3 is 0 Å². The zero-order chi connectivity index (χ0) is 5.82. The molecule has 2 heteroatoms. The molecule has 1 aromatic rings. The molecule has 0 atom stereocenters. The summed E-state index contributed by atoms with van der Waals surface area (Å²) in [6.45, 7) is 5.16. The molecule has 0 saturated carbocycles. The van der Waals surface area contributed by atoms with E-state index in [9.17, 15) is 0 Å². The number of nitrogens with zero attached hydrogens (tertiary/aromatic N) is 1. The van der Waals surface area contributed by atoms with Crippen LogP contribution in [0.4, 0.5) is 0 Å². The first-order valence-corrected chi connectivity index (χ1v) is 2.39. The van der Waals surface area contributed by atoms with Crippen LogP contribution in [-0.4, -0.2) is 4.98 Å². The number of hydrogen-bond acceptors (Lipinski definition) is 1. The van der Waals surface area contributed by atoms with Crippen molar-refractivity contribution in [3.8, 4) is 0 Å². The molecular formula is C7H6IrN-. The fraction of sp³-hybridized carbons (Fsp3) is 0. The van der Waals surface area contributed by atoms with Crippen LogP contribution in [0.15, 0.2) is 24.4 Å². The van der Waals surface area contributed by atoms with Crippen LogP contribution in [-0.2, 0) is 20.1 Å². The molecule has 0 bridgehead atoms. The second-order valence-corrected chi connectivity index (χ2v) is 1.42. The largest absolute Gasteiger partial charge is 0.351 e. The quantitative estimate of drug-likeness (QED) is 0.716. The molecule has 0 aromatic carbocycles. The van der Waals surface area contributed by atoms with Gasteiger partial charge in [-0.05, 0) is 6.07 Å². The molecule has 0 spiro atoms. The van der Waals surface area contributed by atoms with E-state index >= 15 is 0 Å². The first-order chi connectivity index (χ1) is 3.93. The second-order valence-electron chi connectivity index (χ2n) is 1.42. The van der Waals surface area contributed by atoms with E-state index in [-0.39, 0.29) is 20.1 Å². The Morgan fingerprint density at radius 2 is 2.22 bits per heavy atom. The van der Waals surface area contributed by atoms with Crippen LogP contribution < -0.4 is 0 Å². The minimum atomic E-state index is 0. The van der Waals surface area contributed by atoms with Gasteiger partial charge in [0, 0.05) is 26.3 Å². The first-order valence-electron chi connectivity index (χ1n) is 2.39. The van der Waals surface area contributed by atoms with E-state index in [1.165, 1.54) is 6.08 Å². The Balaban J connectivity index is 0.000000640. The van der Waals surface area contributed by atoms with Crippen molar-refractivity contribution in [3.63, 3.8) is 0 Å². The molecule has 1 radical (unpaired) electrons. The average molecular weight is 296 g/mol. The SMILES string of the molecule is [CH-]=Cc1ccccn1.[Ir]. The van der Waals surface area contributed by atoms with E-state index in [1.54, 1.807) is 6.20 Å². The molecule has 0 saturated heterocycles. The maximum atomic E-state index is 5.16. The third-order valence-corrected chi connectivity index (χ3v) is 0.859. The maximum Gasteiger partial charge on any atom is 0.00534 e. The van der Waals surface area contributed by atoms with Gasteiger partial charge in [0.05, 0.1) is 0 Å². The van der Waals surface area contributed by atoms with E-state index in [0.717, 1.165) is 5.69 Å². The molecule has 0 fully saturated rings. The minimum absolute atomic E-state index is 0. The molecule has 0 aliphatic rings.